The van der Waals surface area contributed by atoms with Crippen LogP contribution in [0.3, 0.4) is 0 Å². The molecule has 99 heavy (non-hydrogen) atoms. The molecule has 0 bridgehead atoms. The maximum atomic E-state index is 13.1. The monoisotopic (exact) mass is 1450 g/mol. The topological polar surface area (TPSA) is 237 Å². The Morgan fingerprint density at radius 2 is 0.485 bits per heavy atom. The van der Waals surface area contributed by atoms with Gasteiger partial charge < -0.3 is 33.8 Å². The summed E-state index contributed by atoms with van der Waals surface area (Å²) in [5.74, 6) is 0.953. The van der Waals surface area contributed by atoms with Gasteiger partial charge in [0.1, 0.15) is 19.3 Å². The van der Waals surface area contributed by atoms with E-state index in [9.17, 15) is 43.2 Å². The van der Waals surface area contributed by atoms with Crippen LogP contribution in [-0.4, -0.2) is 96.7 Å². The molecule has 0 aliphatic rings. The number of carbonyl (C=O) groups is 4. The van der Waals surface area contributed by atoms with Crippen LogP contribution in [0.2, 0.25) is 0 Å². The van der Waals surface area contributed by atoms with Crippen LogP contribution < -0.4 is 0 Å². The third-order valence-corrected chi connectivity index (χ3v) is 20.8. The minimum Gasteiger partial charge on any atom is -0.462 e. The van der Waals surface area contributed by atoms with Crippen molar-refractivity contribution in [1.82, 2.24) is 0 Å². The van der Waals surface area contributed by atoms with E-state index in [-0.39, 0.29) is 25.7 Å². The molecular weight excluding hydrogens is 1290 g/mol. The fraction of sp³-hybridized carbons (Fsp3) is 0.950. The maximum absolute atomic E-state index is 13.1. The quantitative estimate of drug-likeness (QED) is 0.0222. The van der Waals surface area contributed by atoms with E-state index < -0.39 is 97.5 Å². The molecule has 0 aliphatic carbocycles. The zero-order chi connectivity index (χ0) is 73.1. The van der Waals surface area contributed by atoms with Gasteiger partial charge in [-0.2, -0.15) is 0 Å². The van der Waals surface area contributed by atoms with E-state index in [4.69, 9.17) is 37.0 Å². The molecule has 0 radical (unpaired) electrons. The number of hydrogen-bond acceptors (Lipinski definition) is 15. The highest BCUT2D eigenvalue weighted by Gasteiger charge is 2.30. The Labute approximate surface area is 607 Å². The Kier molecular flexibility index (Phi) is 67.8. The lowest BCUT2D eigenvalue weighted by Crippen LogP contribution is -2.30. The van der Waals surface area contributed by atoms with E-state index in [0.717, 1.165) is 114 Å². The van der Waals surface area contributed by atoms with Crippen molar-refractivity contribution in [3.63, 3.8) is 0 Å². The van der Waals surface area contributed by atoms with Gasteiger partial charge in [0.15, 0.2) is 12.2 Å². The first-order chi connectivity index (χ1) is 47.6. The minimum absolute atomic E-state index is 0.106. The molecule has 0 fully saturated rings. The molecule has 0 rings (SSSR count). The van der Waals surface area contributed by atoms with Gasteiger partial charge in [-0.15, -0.1) is 0 Å². The van der Waals surface area contributed by atoms with Crippen LogP contribution in [-0.2, 0) is 65.4 Å². The summed E-state index contributed by atoms with van der Waals surface area (Å²) in [5.41, 5.74) is 0. The molecule has 0 aromatic carbocycles. The van der Waals surface area contributed by atoms with Crippen molar-refractivity contribution >= 4 is 39.5 Å². The smallest absolute Gasteiger partial charge is 0.462 e. The Morgan fingerprint density at radius 3 is 0.717 bits per heavy atom. The van der Waals surface area contributed by atoms with Crippen LogP contribution >= 0.6 is 15.6 Å². The second kappa shape index (κ2) is 69.1. The summed E-state index contributed by atoms with van der Waals surface area (Å²) in [5, 5.41) is 10.6. The van der Waals surface area contributed by atoms with E-state index in [1.807, 2.05) is 0 Å². The summed E-state index contributed by atoms with van der Waals surface area (Å²) in [6.45, 7) is 14.2. The highest BCUT2D eigenvalue weighted by molar-refractivity contribution is 7.47. The number of phosphoric acid groups is 2. The second-order valence-corrected chi connectivity index (χ2v) is 33.4. The fourth-order valence-corrected chi connectivity index (χ4v) is 13.8. The molecule has 3 N–H and O–H groups in total. The lowest BCUT2D eigenvalue weighted by molar-refractivity contribution is -0.161. The third-order valence-electron chi connectivity index (χ3n) is 18.9. The van der Waals surface area contributed by atoms with E-state index in [1.54, 1.807) is 0 Å². The first-order valence-corrected chi connectivity index (χ1v) is 44.2. The van der Waals surface area contributed by atoms with Crippen molar-refractivity contribution in [3.05, 3.63) is 0 Å². The van der Waals surface area contributed by atoms with Crippen molar-refractivity contribution in [3.8, 4) is 0 Å². The number of rotatable bonds is 77. The van der Waals surface area contributed by atoms with E-state index >= 15 is 0 Å². The number of carbonyl (C=O) groups excluding carboxylic acids is 4. The molecule has 0 saturated carbocycles. The van der Waals surface area contributed by atoms with Gasteiger partial charge in [0.05, 0.1) is 26.4 Å². The molecule has 0 aromatic heterocycles. The van der Waals surface area contributed by atoms with Crippen molar-refractivity contribution in [2.45, 2.75) is 427 Å². The summed E-state index contributed by atoms with van der Waals surface area (Å²) in [7, 11) is -9.92. The highest BCUT2D eigenvalue weighted by atomic mass is 31.2. The van der Waals surface area contributed by atoms with Crippen LogP contribution in [0.25, 0.3) is 0 Å². The zero-order valence-corrected chi connectivity index (χ0v) is 66.9. The summed E-state index contributed by atoms with van der Waals surface area (Å²) in [6, 6.07) is 0. The molecule has 0 amide bonds. The molecule has 19 heteroatoms. The first-order valence-electron chi connectivity index (χ1n) is 41.2. The average molecular weight is 1450 g/mol. The minimum atomic E-state index is -4.96. The number of phosphoric ester groups is 2. The number of ether oxygens (including phenoxy) is 4. The summed E-state index contributed by atoms with van der Waals surface area (Å²) >= 11 is 0. The molecule has 0 spiro atoms. The van der Waals surface area contributed by atoms with Crippen molar-refractivity contribution in [2.24, 2.45) is 23.7 Å². The predicted molar refractivity (Wildman–Crippen MR) is 404 cm³/mol. The normalized spacial score (nSPS) is 14.3. The lowest BCUT2D eigenvalue weighted by atomic mass is 9.99. The van der Waals surface area contributed by atoms with Gasteiger partial charge in [-0.3, -0.25) is 37.3 Å². The fourth-order valence-electron chi connectivity index (χ4n) is 12.2. The molecule has 0 aromatic rings. The molecular formula is C80H156O17P2. The third kappa shape index (κ3) is 72.8. The molecule has 588 valence electrons. The van der Waals surface area contributed by atoms with Crippen molar-refractivity contribution in [2.75, 3.05) is 39.6 Å². The van der Waals surface area contributed by atoms with Gasteiger partial charge in [0.25, 0.3) is 0 Å². The van der Waals surface area contributed by atoms with Gasteiger partial charge >= 0.3 is 39.5 Å². The van der Waals surface area contributed by atoms with E-state index in [2.05, 4.69) is 55.4 Å². The van der Waals surface area contributed by atoms with Gasteiger partial charge in [-0.1, -0.05) is 357 Å². The van der Waals surface area contributed by atoms with Gasteiger partial charge in [-0.05, 0) is 49.4 Å². The van der Waals surface area contributed by atoms with Gasteiger partial charge in [-0.25, -0.2) is 9.13 Å². The Morgan fingerprint density at radius 1 is 0.283 bits per heavy atom. The Balaban J connectivity index is 5.17. The molecule has 6 atom stereocenters. The largest absolute Gasteiger partial charge is 0.472 e. The van der Waals surface area contributed by atoms with E-state index in [1.165, 1.54) is 205 Å². The molecule has 0 aliphatic heterocycles. The average Bonchev–Trinajstić information content (AvgIpc) is 1.01. The number of unbranched alkanes of at least 4 members (excludes halogenated alkanes) is 42. The van der Waals surface area contributed by atoms with Crippen LogP contribution in [0.5, 0.6) is 0 Å². The highest BCUT2D eigenvalue weighted by Crippen LogP contribution is 2.45. The lowest BCUT2D eigenvalue weighted by Gasteiger charge is -2.21. The predicted octanol–water partition coefficient (Wildman–Crippen LogP) is 23.6. The van der Waals surface area contributed by atoms with Crippen molar-refractivity contribution in [1.29, 1.82) is 0 Å². The first kappa shape index (κ1) is 97.1. The number of aliphatic hydroxyl groups is 1. The summed E-state index contributed by atoms with van der Waals surface area (Å²) in [6.07, 6.45) is 55.8. The summed E-state index contributed by atoms with van der Waals surface area (Å²) < 4.78 is 68.6. The second-order valence-electron chi connectivity index (χ2n) is 30.5. The zero-order valence-electron chi connectivity index (χ0n) is 65.1. The summed E-state index contributed by atoms with van der Waals surface area (Å²) in [4.78, 5) is 72.9. The number of esters is 4. The molecule has 0 heterocycles. The molecule has 0 saturated heterocycles. The molecule has 17 nitrogen and oxygen atoms in total. The number of aliphatic hydroxyl groups excluding tert-OH is 1. The van der Waals surface area contributed by atoms with Crippen LogP contribution in [0, 0.1) is 23.7 Å². The van der Waals surface area contributed by atoms with Crippen molar-refractivity contribution < 1.29 is 80.2 Å². The number of hydrogen-bond donors (Lipinski definition) is 3. The standard InChI is InChI=1S/C80H156O17P2/c1-9-73(8)59-51-43-34-27-23-19-16-17-21-25-29-37-47-55-63-80(85)97-76(67-91-78(83)61-53-45-39-38-42-50-58-72(6)7)69-95-99(88,89)93-65-74(81)64-92-98(86,87)94-68-75(66-90-77(82)60-52-44-35-31-30-33-41-49-57-71(4)5)96-79(84)62-54-46-36-28-24-20-15-13-11-10-12-14-18-22-26-32-40-48-56-70(2)3/h70-76,81H,9-69H2,1-8H3,(H,86,87)(H,88,89)/t73?,74-,75-,76-/m1/s1. The Bertz CT molecular complexity index is 1940. The van der Waals surface area contributed by atoms with Crippen LogP contribution in [0.15, 0.2) is 0 Å². The van der Waals surface area contributed by atoms with Gasteiger partial charge in [0.2, 0.25) is 0 Å². The van der Waals surface area contributed by atoms with Crippen LogP contribution in [0.1, 0.15) is 409 Å². The van der Waals surface area contributed by atoms with E-state index in [0.29, 0.717) is 31.6 Å². The molecule has 3 unspecified atom stereocenters. The van der Waals surface area contributed by atoms with Crippen LogP contribution in [0.4, 0.5) is 0 Å². The Hall–Kier alpha value is -1.94. The SMILES string of the molecule is CCC(C)CCCCCCCCCCCCCCCCC(=O)O[C@H](COC(=O)CCCCCCCCC(C)C)COP(=O)(O)OC[C@H](O)COP(=O)(O)OC[C@@H](COC(=O)CCCCCCCCCCC(C)C)OC(=O)CCCCCCCCCCCCCCCCCCCCC(C)C. The maximum Gasteiger partial charge on any atom is 0.472 e. The van der Waals surface area contributed by atoms with Gasteiger partial charge in [0, 0.05) is 25.7 Å².